The van der Waals surface area contributed by atoms with Crippen LogP contribution in [0.25, 0.3) is 0 Å². The number of nitrogens with zero attached hydrogens (tertiary/aromatic N) is 1. The summed E-state index contributed by atoms with van der Waals surface area (Å²) in [4.78, 5) is 13.0. The molecule has 4 nitrogen and oxygen atoms in total. The third kappa shape index (κ3) is 2.45. The Labute approximate surface area is 85.1 Å². The second-order valence-electron chi connectivity index (χ2n) is 3.86. The van der Waals surface area contributed by atoms with Gasteiger partial charge in [-0.05, 0) is 19.4 Å². The number of carbonyl (C=O) groups is 1. The molecule has 1 atom stereocenters. The van der Waals surface area contributed by atoms with Gasteiger partial charge in [0.25, 0.3) is 0 Å². The molecule has 0 aromatic heterocycles. The zero-order chi connectivity index (χ0) is 10.6. The molecule has 4 heteroatoms. The minimum atomic E-state index is -0.791. The van der Waals surface area contributed by atoms with Gasteiger partial charge in [-0.1, -0.05) is 19.8 Å². The molecule has 82 valence electrons. The second kappa shape index (κ2) is 5.32. The first-order chi connectivity index (χ1) is 6.70. The molecule has 1 aliphatic rings. The number of hydrogen-bond donors (Lipinski definition) is 2. The summed E-state index contributed by atoms with van der Waals surface area (Å²) in [5.41, 5.74) is 5.50. The van der Waals surface area contributed by atoms with Crippen LogP contribution in [0.5, 0.6) is 0 Å². The Bertz CT molecular complexity index is 191. The van der Waals surface area contributed by atoms with Crippen LogP contribution in [-0.4, -0.2) is 41.1 Å². The average Bonchev–Trinajstić information content (AvgIpc) is 2.65. The van der Waals surface area contributed by atoms with Gasteiger partial charge >= 0.3 is 5.97 Å². The fourth-order valence-corrected chi connectivity index (χ4v) is 2.35. The predicted molar refractivity (Wildman–Crippen MR) is 55.1 cm³/mol. The van der Waals surface area contributed by atoms with E-state index in [2.05, 4.69) is 0 Å². The molecule has 1 fully saturated rings. The number of carboxylic acid groups (broad SMARTS) is 1. The smallest absolute Gasteiger partial charge is 0.322 e. The minimum Gasteiger partial charge on any atom is -0.480 e. The summed E-state index contributed by atoms with van der Waals surface area (Å²) in [5, 5.41) is 9.01. The normalized spacial score (nSPS) is 20.2. The fraction of sp³-hybridized carbons (Fsp3) is 0.900. The number of nitrogens with two attached hydrogens (primary N) is 1. The topological polar surface area (TPSA) is 66.6 Å². The molecule has 0 aliphatic heterocycles. The van der Waals surface area contributed by atoms with Crippen molar-refractivity contribution in [1.82, 2.24) is 4.90 Å². The summed E-state index contributed by atoms with van der Waals surface area (Å²) in [7, 11) is 0. The molecule has 0 amide bonds. The Morgan fingerprint density at radius 3 is 2.50 bits per heavy atom. The van der Waals surface area contributed by atoms with E-state index in [1.165, 1.54) is 12.8 Å². The van der Waals surface area contributed by atoms with Crippen molar-refractivity contribution in [3.8, 4) is 0 Å². The molecule has 14 heavy (non-hydrogen) atoms. The van der Waals surface area contributed by atoms with Crippen LogP contribution in [0.15, 0.2) is 0 Å². The lowest BCUT2D eigenvalue weighted by molar-refractivity contribution is -0.143. The molecule has 0 bridgehead atoms. The first kappa shape index (κ1) is 11.5. The number of carboxylic acids is 1. The lowest BCUT2D eigenvalue weighted by Gasteiger charge is -2.32. The maximum Gasteiger partial charge on any atom is 0.322 e. The van der Waals surface area contributed by atoms with E-state index in [1.54, 1.807) is 0 Å². The van der Waals surface area contributed by atoms with E-state index in [0.717, 1.165) is 19.4 Å². The second-order valence-corrected chi connectivity index (χ2v) is 3.86. The molecule has 0 aromatic carbocycles. The van der Waals surface area contributed by atoms with E-state index in [1.807, 2.05) is 11.8 Å². The van der Waals surface area contributed by atoms with E-state index >= 15 is 0 Å². The van der Waals surface area contributed by atoms with Crippen LogP contribution < -0.4 is 5.73 Å². The van der Waals surface area contributed by atoms with Gasteiger partial charge in [-0.15, -0.1) is 0 Å². The van der Waals surface area contributed by atoms with E-state index in [0.29, 0.717) is 6.04 Å². The largest absolute Gasteiger partial charge is 0.480 e. The Morgan fingerprint density at radius 2 is 2.14 bits per heavy atom. The van der Waals surface area contributed by atoms with Crippen molar-refractivity contribution in [2.24, 2.45) is 5.73 Å². The van der Waals surface area contributed by atoms with Crippen molar-refractivity contribution in [2.75, 3.05) is 13.1 Å². The Morgan fingerprint density at radius 1 is 1.57 bits per heavy atom. The van der Waals surface area contributed by atoms with Gasteiger partial charge in [0.15, 0.2) is 0 Å². The van der Waals surface area contributed by atoms with E-state index in [9.17, 15) is 4.79 Å². The summed E-state index contributed by atoms with van der Waals surface area (Å²) in [5.74, 6) is -0.791. The van der Waals surface area contributed by atoms with Crippen molar-refractivity contribution in [3.63, 3.8) is 0 Å². The van der Waals surface area contributed by atoms with Crippen LogP contribution in [-0.2, 0) is 4.79 Å². The zero-order valence-corrected chi connectivity index (χ0v) is 8.78. The van der Waals surface area contributed by atoms with Gasteiger partial charge in [-0.3, -0.25) is 9.69 Å². The van der Waals surface area contributed by atoms with Gasteiger partial charge < -0.3 is 10.8 Å². The third-order valence-corrected chi connectivity index (χ3v) is 3.07. The average molecular weight is 200 g/mol. The van der Waals surface area contributed by atoms with Gasteiger partial charge in [0.05, 0.1) is 0 Å². The predicted octanol–water partition coefficient (Wildman–Crippen LogP) is 0.663. The Balaban J connectivity index is 2.62. The van der Waals surface area contributed by atoms with E-state index < -0.39 is 12.0 Å². The van der Waals surface area contributed by atoms with Crippen molar-refractivity contribution in [1.29, 1.82) is 0 Å². The number of hydrogen-bond acceptors (Lipinski definition) is 3. The molecule has 1 saturated carbocycles. The SMILES string of the molecule is CCN(C1CCCC1)C(CN)C(=O)O. The van der Waals surface area contributed by atoms with Crippen LogP contribution in [0.2, 0.25) is 0 Å². The van der Waals surface area contributed by atoms with Crippen molar-refractivity contribution in [2.45, 2.75) is 44.7 Å². The molecule has 0 spiro atoms. The number of likely N-dealkylation sites (N-methyl/N-ethyl adjacent to an activating group) is 1. The first-order valence-electron chi connectivity index (χ1n) is 5.39. The molecule has 1 unspecified atom stereocenters. The highest BCUT2D eigenvalue weighted by Crippen LogP contribution is 2.24. The van der Waals surface area contributed by atoms with E-state index in [-0.39, 0.29) is 6.54 Å². The molecule has 0 radical (unpaired) electrons. The monoisotopic (exact) mass is 200 g/mol. The molecule has 0 saturated heterocycles. The molecule has 1 aliphatic carbocycles. The quantitative estimate of drug-likeness (QED) is 0.684. The van der Waals surface area contributed by atoms with Gasteiger partial charge in [0.1, 0.15) is 6.04 Å². The zero-order valence-electron chi connectivity index (χ0n) is 8.78. The fourth-order valence-electron chi connectivity index (χ4n) is 2.35. The summed E-state index contributed by atoms with van der Waals surface area (Å²) in [6.07, 6.45) is 4.69. The summed E-state index contributed by atoms with van der Waals surface area (Å²) < 4.78 is 0. The lowest BCUT2D eigenvalue weighted by atomic mass is 10.1. The molecular formula is C10H20N2O2. The molecule has 0 heterocycles. The van der Waals surface area contributed by atoms with Crippen molar-refractivity contribution >= 4 is 5.97 Å². The third-order valence-electron chi connectivity index (χ3n) is 3.07. The first-order valence-corrected chi connectivity index (χ1v) is 5.39. The minimum absolute atomic E-state index is 0.208. The van der Waals surface area contributed by atoms with E-state index in [4.69, 9.17) is 10.8 Å². The van der Waals surface area contributed by atoms with Gasteiger partial charge in [-0.2, -0.15) is 0 Å². The highest BCUT2D eigenvalue weighted by Gasteiger charge is 2.30. The van der Waals surface area contributed by atoms with Crippen molar-refractivity contribution < 1.29 is 9.90 Å². The number of rotatable bonds is 5. The van der Waals surface area contributed by atoms with Gasteiger partial charge in [0.2, 0.25) is 0 Å². The highest BCUT2D eigenvalue weighted by molar-refractivity contribution is 5.73. The van der Waals surface area contributed by atoms with Gasteiger partial charge in [-0.25, -0.2) is 0 Å². The maximum absolute atomic E-state index is 11.0. The summed E-state index contributed by atoms with van der Waals surface area (Å²) >= 11 is 0. The van der Waals surface area contributed by atoms with Crippen LogP contribution >= 0.6 is 0 Å². The standard InChI is InChI=1S/C10H20N2O2/c1-2-12(8-5-3-4-6-8)9(7-11)10(13)14/h8-9H,2-7,11H2,1H3,(H,13,14). The lowest BCUT2D eigenvalue weighted by Crippen LogP contribution is -2.50. The highest BCUT2D eigenvalue weighted by atomic mass is 16.4. The Kier molecular flexibility index (Phi) is 4.35. The number of aliphatic carboxylic acids is 1. The maximum atomic E-state index is 11.0. The van der Waals surface area contributed by atoms with Crippen LogP contribution in [0, 0.1) is 0 Å². The van der Waals surface area contributed by atoms with Crippen LogP contribution in [0.3, 0.4) is 0 Å². The molecule has 3 N–H and O–H groups in total. The summed E-state index contributed by atoms with van der Waals surface area (Å²) in [6.45, 7) is 2.99. The van der Waals surface area contributed by atoms with Crippen LogP contribution in [0.4, 0.5) is 0 Å². The molecular weight excluding hydrogens is 180 g/mol. The molecule has 0 aromatic rings. The van der Waals surface area contributed by atoms with Crippen molar-refractivity contribution in [3.05, 3.63) is 0 Å². The Hall–Kier alpha value is -0.610. The van der Waals surface area contributed by atoms with Gasteiger partial charge in [0, 0.05) is 12.6 Å². The van der Waals surface area contributed by atoms with Crippen LogP contribution in [0.1, 0.15) is 32.6 Å². The summed E-state index contributed by atoms with van der Waals surface area (Å²) in [6, 6.07) is -0.0623. The molecule has 1 rings (SSSR count).